The highest BCUT2D eigenvalue weighted by Gasteiger charge is 2.13. The van der Waals surface area contributed by atoms with Crippen LogP contribution in [0, 0.1) is 0 Å². The Balaban J connectivity index is 2.11. The Hall–Kier alpha value is -1.43. The number of nitrogens with zero attached hydrogens (tertiary/aromatic N) is 2. The van der Waals surface area contributed by atoms with E-state index in [4.69, 9.17) is 15.2 Å². The van der Waals surface area contributed by atoms with Crippen molar-refractivity contribution in [3.8, 4) is 11.5 Å². The van der Waals surface area contributed by atoms with Crippen molar-refractivity contribution in [3.05, 3.63) is 22.2 Å². The highest BCUT2D eigenvalue weighted by molar-refractivity contribution is 9.10. The van der Waals surface area contributed by atoms with E-state index >= 15 is 0 Å². The van der Waals surface area contributed by atoms with Gasteiger partial charge in [-0.25, -0.2) is 4.99 Å². The first-order chi connectivity index (χ1) is 10.2. The van der Waals surface area contributed by atoms with Crippen LogP contribution >= 0.6 is 15.9 Å². The van der Waals surface area contributed by atoms with E-state index in [1.807, 2.05) is 12.1 Å². The minimum atomic E-state index is 0.517. The molecule has 0 spiro atoms. The summed E-state index contributed by atoms with van der Waals surface area (Å²) < 4.78 is 11.5. The molecule has 0 unspecified atom stereocenters. The SMILES string of the molecule is COc1cc(Br)c(CN=C(N)N2CCCCC2)cc1OC. The van der Waals surface area contributed by atoms with Gasteiger partial charge < -0.3 is 20.1 Å². The number of hydrogen-bond acceptors (Lipinski definition) is 3. The summed E-state index contributed by atoms with van der Waals surface area (Å²) in [4.78, 5) is 6.65. The lowest BCUT2D eigenvalue weighted by Crippen LogP contribution is -2.40. The molecule has 0 atom stereocenters. The van der Waals surface area contributed by atoms with Crippen LogP contribution in [0.4, 0.5) is 0 Å². The third-order valence-corrected chi connectivity index (χ3v) is 4.38. The molecule has 1 aromatic rings. The molecule has 0 radical (unpaired) electrons. The molecule has 2 N–H and O–H groups in total. The predicted molar refractivity (Wildman–Crippen MR) is 88.0 cm³/mol. The van der Waals surface area contributed by atoms with Gasteiger partial charge in [-0.1, -0.05) is 15.9 Å². The van der Waals surface area contributed by atoms with Crippen LogP contribution in [-0.4, -0.2) is 38.2 Å². The Morgan fingerprint density at radius 2 is 1.81 bits per heavy atom. The van der Waals surface area contributed by atoms with Crippen LogP contribution in [0.5, 0.6) is 11.5 Å². The molecule has 1 saturated heterocycles. The van der Waals surface area contributed by atoms with E-state index in [2.05, 4.69) is 25.8 Å². The quantitative estimate of drug-likeness (QED) is 0.666. The second-order valence-electron chi connectivity index (χ2n) is 5.02. The summed E-state index contributed by atoms with van der Waals surface area (Å²) in [5.74, 6) is 2.01. The van der Waals surface area contributed by atoms with E-state index in [1.165, 1.54) is 19.3 Å². The van der Waals surface area contributed by atoms with E-state index in [0.29, 0.717) is 24.0 Å². The highest BCUT2D eigenvalue weighted by atomic mass is 79.9. The van der Waals surface area contributed by atoms with Gasteiger partial charge in [0, 0.05) is 17.6 Å². The molecule has 2 rings (SSSR count). The van der Waals surface area contributed by atoms with Gasteiger partial charge in [0.05, 0.1) is 20.8 Å². The standard InChI is InChI=1S/C15H22BrN3O2/c1-20-13-8-11(12(16)9-14(13)21-2)10-18-15(17)19-6-4-3-5-7-19/h8-9H,3-7,10H2,1-2H3,(H2,17,18). The second kappa shape index (κ2) is 7.54. The first kappa shape index (κ1) is 15.9. The van der Waals surface area contributed by atoms with Gasteiger partial charge >= 0.3 is 0 Å². The smallest absolute Gasteiger partial charge is 0.191 e. The number of aliphatic imine (C=N–C) groups is 1. The molecule has 0 amide bonds. The Bertz CT molecular complexity index is 514. The summed E-state index contributed by atoms with van der Waals surface area (Å²) in [5, 5.41) is 0. The van der Waals surface area contributed by atoms with Crippen LogP contribution in [0.15, 0.2) is 21.6 Å². The molecule has 1 aliphatic rings. The van der Waals surface area contributed by atoms with Gasteiger partial charge in [0.2, 0.25) is 0 Å². The zero-order valence-corrected chi connectivity index (χ0v) is 14.1. The highest BCUT2D eigenvalue weighted by Crippen LogP contribution is 2.33. The minimum absolute atomic E-state index is 0.517. The zero-order chi connectivity index (χ0) is 15.2. The Kier molecular flexibility index (Phi) is 5.73. The van der Waals surface area contributed by atoms with Gasteiger partial charge in [-0.15, -0.1) is 0 Å². The normalized spacial score (nSPS) is 16.0. The van der Waals surface area contributed by atoms with Crippen molar-refractivity contribution in [2.75, 3.05) is 27.3 Å². The van der Waals surface area contributed by atoms with Crippen LogP contribution in [0.3, 0.4) is 0 Å². The number of nitrogens with two attached hydrogens (primary N) is 1. The number of piperidine rings is 1. The van der Waals surface area contributed by atoms with E-state index in [-0.39, 0.29) is 0 Å². The van der Waals surface area contributed by atoms with E-state index in [0.717, 1.165) is 23.1 Å². The lowest BCUT2D eigenvalue weighted by molar-refractivity contribution is 0.338. The molecule has 0 saturated carbocycles. The second-order valence-corrected chi connectivity index (χ2v) is 5.88. The van der Waals surface area contributed by atoms with Crippen LogP contribution in [-0.2, 0) is 6.54 Å². The maximum absolute atomic E-state index is 6.08. The lowest BCUT2D eigenvalue weighted by Gasteiger charge is -2.27. The summed E-state index contributed by atoms with van der Waals surface area (Å²) in [6.07, 6.45) is 3.66. The Morgan fingerprint density at radius 3 is 2.43 bits per heavy atom. The number of methoxy groups -OCH3 is 2. The van der Waals surface area contributed by atoms with Gasteiger partial charge in [0.15, 0.2) is 17.5 Å². The topological polar surface area (TPSA) is 60.1 Å². The summed E-state index contributed by atoms with van der Waals surface area (Å²) in [5.41, 5.74) is 7.10. The van der Waals surface area contributed by atoms with Crippen LogP contribution in [0.25, 0.3) is 0 Å². The average molecular weight is 356 g/mol. The number of rotatable bonds is 4. The first-order valence-electron chi connectivity index (χ1n) is 7.11. The monoisotopic (exact) mass is 355 g/mol. The van der Waals surface area contributed by atoms with Gasteiger partial charge in [-0.05, 0) is 37.0 Å². The molecule has 116 valence electrons. The maximum atomic E-state index is 6.08. The molecule has 1 fully saturated rings. The van der Waals surface area contributed by atoms with Crippen LogP contribution < -0.4 is 15.2 Å². The molecule has 1 aromatic carbocycles. The fraction of sp³-hybridized carbons (Fsp3) is 0.533. The van der Waals surface area contributed by atoms with Crippen molar-refractivity contribution >= 4 is 21.9 Å². The summed E-state index contributed by atoms with van der Waals surface area (Å²) in [7, 11) is 3.25. The van der Waals surface area contributed by atoms with Gasteiger partial charge in [-0.2, -0.15) is 0 Å². The molecular weight excluding hydrogens is 334 g/mol. The number of likely N-dealkylation sites (tertiary alicyclic amines) is 1. The zero-order valence-electron chi connectivity index (χ0n) is 12.6. The molecule has 21 heavy (non-hydrogen) atoms. The van der Waals surface area contributed by atoms with Crippen molar-refractivity contribution in [1.29, 1.82) is 0 Å². The van der Waals surface area contributed by atoms with Crippen molar-refractivity contribution in [1.82, 2.24) is 4.90 Å². The van der Waals surface area contributed by atoms with Crippen molar-refractivity contribution < 1.29 is 9.47 Å². The van der Waals surface area contributed by atoms with Crippen molar-refractivity contribution in [2.45, 2.75) is 25.8 Å². The third-order valence-electron chi connectivity index (χ3n) is 3.64. The van der Waals surface area contributed by atoms with Gasteiger partial charge in [0.25, 0.3) is 0 Å². The molecule has 0 aliphatic carbocycles. The number of halogens is 1. The minimum Gasteiger partial charge on any atom is -0.493 e. The Labute approximate surface area is 134 Å². The molecule has 0 aromatic heterocycles. The largest absolute Gasteiger partial charge is 0.493 e. The van der Waals surface area contributed by atoms with Gasteiger partial charge in [0.1, 0.15) is 0 Å². The van der Waals surface area contributed by atoms with Crippen molar-refractivity contribution in [3.63, 3.8) is 0 Å². The average Bonchev–Trinajstić information content (AvgIpc) is 2.53. The summed E-state index contributed by atoms with van der Waals surface area (Å²) in [6.45, 7) is 2.52. The number of guanidine groups is 1. The van der Waals surface area contributed by atoms with E-state index < -0.39 is 0 Å². The summed E-state index contributed by atoms with van der Waals surface area (Å²) in [6, 6.07) is 3.82. The fourth-order valence-corrected chi connectivity index (χ4v) is 2.85. The molecule has 6 heteroatoms. The third kappa shape index (κ3) is 4.03. The fourth-order valence-electron chi connectivity index (χ4n) is 2.41. The molecule has 1 aliphatic heterocycles. The summed E-state index contributed by atoms with van der Waals surface area (Å²) >= 11 is 3.54. The first-order valence-corrected chi connectivity index (χ1v) is 7.90. The number of ether oxygens (including phenoxy) is 2. The number of hydrogen-bond donors (Lipinski definition) is 1. The lowest BCUT2D eigenvalue weighted by atomic mass is 10.1. The molecule has 5 nitrogen and oxygen atoms in total. The number of benzene rings is 1. The van der Waals surface area contributed by atoms with Crippen molar-refractivity contribution in [2.24, 2.45) is 10.7 Å². The maximum Gasteiger partial charge on any atom is 0.191 e. The van der Waals surface area contributed by atoms with E-state index in [1.54, 1.807) is 14.2 Å². The molecular formula is C15H22BrN3O2. The predicted octanol–water partition coefficient (Wildman–Crippen LogP) is 2.77. The Morgan fingerprint density at radius 1 is 1.19 bits per heavy atom. The van der Waals surface area contributed by atoms with E-state index in [9.17, 15) is 0 Å². The molecule has 0 bridgehead atoms. The van der Waals surface area contributed by atoms with Crippen LogP contribution in [0.1, 0.15) is 24.8 Å². The molecule has 1 heterocycles. The van der Waals surface area contributed by atoms with Crippen LogP contribution in [0.2, 0.25) is 0 Å². The van der Waals surface area contributed by atoms with Gasteiger partial charge in [-0.3, -0.25) is 0 Å².